The van der Waals surface area contributed by atoms with E-state index in [1.807, 2.05) is 19.1 Å². The first-order chi connectivity index (χ1) is 12.2. The Bertz CT molecular complexity index is 664. The van der Waals surface area contributed by atoms with E-state index in [1.165, 1.54) is 18.2 Å². The smallest absolute Gasteiger partial charge is 0.209 e. The standard InChI is InChI=1S/C20H34N2O3S.ClH/c1-6-25-20-14-22(12-11-19(20)15(2)3)13-17-7-9-18(10-8-17)16(4)21-26(5,23)24;/h7-10,15-16,19-21H,6,11-14H2,1-5H3;1H/t16-,19?,20?;/m1./s1. The van der Waals surface area contributed by atoms with Gasteiger partial charge in [-0.25, -0.2) is 13.1 Å². The number of sulfonamides is 1. The van der Waals surface area contributed by atoms with Crippen LogP contribution in [0.1, 0.15) is 51.3 Å². The fourth-order valence-electron chi connectivity index (χ4n) is 3.85. The lowest BCUT2D eigenvalue weighted by molar-refractivity contribution is -0.0486. The molecule has 5 nitrogen and oxygen atoms in total. The van der Waals surface area contributed by atoms with Gasteiger partial charge in [0.25, 0.3) is 0 Å². The van der Waals surface area contributed by atoms with Gasteiger partial charge in [-0.15, -0.1) is 12.4 Å². The summed E-state index contributed by atoms with van der Waals surface area (Å²) in [5, 5.41) is 0. The molecular weight excluding hydrogens is 384 g/mol. The van der Waals surface area contributed by atoms with Crippen molar-refractivity contribution in [3.63, 3.8) is 0 Å². The lowest BCUT2D eigenvalue weighted by atomic mass is 9.84. The molecular formula is C20H35ClN2O3S. The van der Waals surface area contributed by atoms with Gasteiger partial charge >= 0.3 is 0 Å². The molecule has 0 aromatic heterocycles. The van der Waals surface area contributed by atoms with E-state index >= 15 is 0 Å². The van der Waals surface area contributed by atoms with Gasteiger partial charge in [0.15, 0.2) is 0 Å². The average molecular weight is 419 g/mol. The molecule has 2 rings (SSSR count). The Morgan fingerprint density at radius 1 is 1.22 bits per heavy atom. The molecule has 1 aromatic carbocycles. The molecule has 1 aliphatic heterocycles. The van der Waals surface area contributed by atoms with E-state index in [0.29, 0.717) is 17.9 Å². The van der Waals surface area contributed by atoms with E-state index in [4.69, 9.17) is 4.74 Å². The molecule has 0 aliphatic carbocycles. The van der Waals surface area contributed by atoms with Crippen LogP contribution in [0.2, 0.25) is 0 Å². The summed E-state index contributed by atoms with van der Waals surface area (Å²) in [6, 6.07) is 8.00. The number of ether oxygens (including phenoxy) is 1. The van der Waals surface area contributed by atoms with Crippen LogP contribution in [0.25, 0.3) is 0 Å². The van der Waals surface area contributed by atoms with E-state index in [-0.39, 0.29) is 18.4 Å². The maximum Gasteiger partial charge on any atom is 0.209 e. The Balaban J connectivity index is 0.00000364. The van der Waals surface area contributed by atoms with Gasteiger partial charge in [0.2, 0.25) is 10.0 Å². The summed E-state index contributed by atoms with van der Waals surface area (Å²) in [5.41, 5.74) is 2.23. The molecule has 1 saturated heterocycles. The Morgan fingerprint density at radius 3 is 2.37 bits per heavy atom. The van der Waals surface area contributed by atoms with Crippen molar-refractivity contribution >= 4 is 22.4 Å². The number of halogens is 1. The molecule has 0 spiro atoms. The largest absolute Gasteiger partial charge is 0.377 e. The molecule has 3 atom stereocenters. The maximum atomic E-state index is 11.4. The van der Waals surface area contributed by atoms with E-state index in [2.05, 4.69) is 42.5 Å². The van der Waals surface area contributed by atoms with Gasteiger partial charge in [0.05, 0.1) is 12.4 Å². The fraction of sp³-hybridized carbons (Fsp3) is 0.700. The van der Waals surface area contributed by atoms with Crippen LogP contribution in [0.3, 0.4) is 0 Å². The monoisotopic (exact) mass is 418 g/mol. The second-order valence-electron chi connectivity index (χ2n) is 7.78. The Kier molecular flexibility index (Phi) is 9.72. The summed E-state index contributed by atoms with van der Waals surface area (Å²) in [7, 11) is -3.20. The number of benzene rings is 1. The quantitative estimate of drug-likeness (QED) is 0.700. The first-order valence-electron chi connectivity index (χ1n) is 9.59. The molecule has 2 unspecified atom stereocenters. The number of hydrogen-bond donors (Lipinski definition) is 1. The van der Waals surface area contributed by atoms with E-state index in [9.17, 15) is 8.42 Å². The second-order valence-corrected chi connectivity index (χ2v) is 9.56. The van der Waals surface area contributed by atoms with Gasteiger partial charge < -0.3 is 4.74 Å². The maximum absolute atomic E-state index is 11.4. The van der Waals surface area contributed by atoms with Crippen molar-refractivity contribution in [1.82, 2.24) is 9.62 Å². The zero-order chi connectivity index (χ0) is 19.3. The first kappa shape index (κ1) is 24.4. The Morgan fingerprint density at radius 2 is 1.85 bits per heavy atom. The average Bonchev–Trinajstić information content (AvgIpc) is 2.54. The van der Waals surface area contributed by atoms with Gasteiger partial charge in [0.1, 0.15) is 0 Å². The highest BCUT2D eigenvalue weighted by Crippen LogP contribution is 2.28. The van der Waals surface area contributed by atoms with Gasteiger partial charge in [-0.05, 0) is 49.8 Å². The van der Waals surface area contributed by atoms with Crippen LogP contribution in [0.5, 0.6) is 0 Å². The number of rotatable bonds is 8. The third-order valence-corrected chi connectivity index (χ3v) is 5.99. The molecule has 1 aliphatic rings. The SMILES string of the molecule is CCOC1CN(Cc2ccc([C@@H](C)NS(C)(=O)=O)cc2)CCC1C(C)C.Cl. The minimum Gasteiger partial charge on any atom is -0.377 e. The molecule has 0 amide bonds. The second kappa shape index (κ2) is 10.8. The van der Waals surface area contributed by atoms with Crippen molar-refractivity contribution in [2.24, 2.45) is 11.8 Å². The van der Waals surface area contributed by atoms with Crippen molar-refractivity contribution in [3.8, 4) is 0 Å². The van der Waals surface area contributed by atoms with Crippen LogP contribution < -0.4 is 4.72 Å². The zero-order valence-electron chi connectivity index (χ0n) is 17.1. The zero-order valence-corrected chi connectivity index (χ0v) is 18.8. The molecule has 156 valence electrons. The molecule has 1 aromatic rings. The molecule has 27 heavy (non-hydrogen) atoms. The summed E-state index contributed by atoms with van der Waals surface area (Å²) < 4.78 is 31.4. The Hall–Kier alpha value is -0.660. The number of likely N-dealkylation sites (tertiary alicyclic amines) is 1. The van der Waals surface area contributed by atoms with Crippen LogP contribution in [-0.4, -0.2) is 45.4 Å². The predicted octanol–water partition coefficient (Wildman–Crippen LogP) is 3.60. The first-order valence-corrected chi connectivity index (χ1v) is 11.5. The normalized spacial score (nSPS) is 22.4. The van der Waals surface area contributed by atoms with Gasteiger partial charge in [0, 0.05) is 25.7 Å². The third-order valence-electron chi connectivity index (χ3n) is 5.21. The van der Waals surface area contributed by atoms with E-state index < -0.39 is 10.0 Å². The summed E-state index contributed by atoms with van der Waals surface area (Å²) in [4.78, 5) is 2.46. The highest BCUT2D eigenvalue weighted by Gasteiger charge is 2.31. The predicted molar refractivity (Wildman–Crippen MR) is 114 cm³/mol. The highest BCUT2D eigenvalue weighted by molar-refractivity contribution is 7.88. The Labute approximate surface area is 171 Å². The van der Waals surface area contributed by atoms with Gasteiger partial charge in [-0.2, -0.15) is 0 Å². The summed E-state index contributed by atoms with van der Waals surface area (Å²) >= 11 is 0. The van der Waals surface area contributed by atoms with Crippen molar-refractivity contribution in [2.45, 2.75) is 52.8 Å². The van der Waals surface area contributed by atoms with Crippen molar-refractivity contribution in [2.75, 3.05) is 26.0 Å². The lowest BCUT2D eigenvalue weighted by Crippen LogP contribution is -2.46. The van der Waals surface area contributed by atoms with Crippen molar-refractivity contribution in [3.05, 3.63) is 35.4 Å². The number of nitrogens with zero attached hydrogens (tertiary/aromatic N) is 1. The minimum absolute atomic E-state index is 0. The number of nitrogens with one attached hydrogen (secondary N) is 1. The summed E-state index contributed by atoms with van der Waals surface area (Å²) in [6.45, 7) is 12.3. The third kappa shape index (κ3) is 7.70. The van der Waals surface area contributed by atoms with Crippen LogP contribution in [0.4, 0.5) is 0 Å². The van der Waals surface area contributed by atoms with Crippen LogP contribution in [0, 0.1) is 11.8 Å². The van der Waals surface area contributed by atoms with E-state index in [0.717, 1.165) is 31.8 Å². The van der Waals surface area contributed by atoms with Crippen molar-refractivity contribution in [1.29, 1.82) is 0 Å². The lowest BCUT2D eigenvalue weighted by Gasteiger charge is -2.40. The molecule has 0 radical (unpaired) electrons. The topological polar surface area (TPSA) is 58.6 Å². The van der Waals surface area contributed by atoms with Gasteiger partial charge in [-0.3, -0.25) is 4.90 Å². The molecule has 0 bridgehead atoms. The minimum atomic E-state index is -3.20. The van der Waals surface area contributed by atoms with Crippen LogP contribution in [0.15, 0.2) is 24.3 Å². The highest BCUT2D eigenvalue weighted by atomic mass is 35.5. The van der Waals surface area contributed by atoms with Gasteiger partial charge in [-0.1, -0.05) is 38.1 Å². The summed E-state index contributed by atoms with van der Waals surface area (Å²) in [5.74, 6) is 1.29. The number of piperidine rings is 1. The molecule has 7 heteroatoms. The van der Waals surface area contributed by atoms with Crippen LogP contribution >= 0.6 is 12.4 Å². The summed E-state index contributed by atoms with van der Waals surface area (Å²) in [6.07, 6.45) is 2.68. The molecule has 1 heterocycles. The number of hydrogen-bond acceptors (Lipinski definition) is 4. The fourth-order valence-corrected chi connectivity index (χ4v) is 4.63. The molecule has 0 saturated carbocycles. The van der Waals surface area contributed by atoms with E-state index in [1.54, 1.807) is 0 Å². The molecule has 1 fully saturated rings. The van der Waals surface area contributed by atoms with Crippen LogP contribution in [-0.2, 0) is 21.3 Å². The molecule has 1 N–H and O–H groups in total. The van der Waals surface area contributed by atoms with Crippen molar-refractivity contribution < 1.29 is 13.2 Å².